The molecular weight excluding hydrogens is 398 g/mol. The maximum Gasteiger partial charge on any atom is 0.234 e. The van der Waals surface area contributed by atoms with E-state index in [1.807, 2.05) is 55.5 Å². The zero-order valence-electron chi connectivity index (χ0n) is 13.8. The third-order valence-corrected chi connectivity index (χ3v) is 5.55. The Morgan fingerprint density at radius 2 is 2.16 bits per heavy atom. The number of para-hydroxylation sites is 2. The molecule has 0 spiro atoms. The minimum atomic E-state index is -0.0574. The predicted molar refractivity (Wildman–Crippen MR) is 108 cm³/mol. The summed E-state index contributed by atoms with van der Waals surface area (Å²) < 4.78 is 3.05. The van der Waals surface area contributed by atoms with Crippen molar-refractivity contribution in [2.75, 3.05) is 11.1 Å². The van der Waals surface area contributed by atoms with Crippen LogP contribution in [0.5, 0.6) is 0 Å². The zero-order valence-corrected chi connectivity index (χ0v) is 16.2. The minimum absolute atomic E-state index is 0.0574. The van der Waals surface area contributed by atoms with Gasteiger partial charge in [-0.05, 0) is 36.8 Å². The first-order chi connectivity index (χ1) is 12.1. The van der Waals surface area contributed by atoms with Gasteiger partial charge in [0, 0.05) is 16.7 Å². The molecule has 3 rings (SSSR count). The number of nitrogens with zero attached hydrogens (tertiary/aromatic N) is 2. The number of fused-ring (bicyclic) bond motifs is 1. The van der Waals surface area contributed by atoms with E-state index in [0.717, 1.165) is 31.9 Å². The summed E-state index contributed by atoms with van der Waals surface area (Å²) in [6.45, 7) is 6.48. The lowest BCUT2D eigenvalue weighted by Gasteiger charge is -2.08. The van der Waals surface area contributed by atoms with Crippen LogP contribution < -0.4 is 5.32 Å². The highest BCUT2D eigenvalue weighted by Gasteiger charge is 2.12. The number of nitrogens with one attached hydrogen (secondary N) is 1. The molecule has 0 saturated heterocycles. The molecular formula is C19H18BrN3OS. The Hall–Kier alpha value is -2.05. The molecule has 0 aliphatic carbocycles. The number of benzene rings is 2. The van der Waals surface area contributed by atoms with E-state index in [2.05, 4.69) is 37.4 Å². The summed E-state index contributed by atoms with van der Waals surface area (Å²) in [5.74, 6) is 0.240. The molecule has 0 atom stereocenters. The largest absolute Gasteiger partial charge is 0.325 e. The molecule has 1 N–H and O–H groups in total. The van der Waals surface area contributed by atoms with Crippen LogP contribution in [-0.4, -0.2) is 21.2 Å². The van der Waals surface area contributed by atoms with Gasteiger partial charge in [-0.1, -0.05) is 52.0 Å². The normalized spacial score (nSPS) is 10.8. The molecule has 4 nitrogen and oxygen atoms in total. The number of allylic oxidation sites excluding steroid dienone is 1. The molecule has 0 saturated carbocycles. The molecule has 3 aromatic rings. The molecule has 0 aliphatic heterocycles. The van der Waals surface area contributed by atoms with Gasteiger partial charge in [-0.2, -0.15) is 0 Å². The van der Waals surface area contributed by atoms with E-state index < -0.39 is 0 Å². The van der Waals surface area contributed by atoms with Crippen LogP contribution in [0.15, 0.2) is 64.7 Å². The van der Waals surface area contributed by atoms with Crippen LogP contribution in [-0.2, 0) is 11.3 Å². The monoisotopic (exact) mass is 415 g/mol. The molecule has 1 aromatic heterocycles. The fourth-order valence-corrected chi connectivity index (χ4v) is 3.67. The average Bonchev–Trinajstić information content (AvgIpc) is 2.95. The molecule has 25 heavy (non-hydrogen) atoms. The molecule has 2 aromatic carbocycles. The number of thioether (sulfide) groups is 1. The van der Waals surface area contributed by atoms with Crippen LogP contribution in [0.4, 0.5) is 5.69 Å². The van der Waals surface area contributed by atoms with Crippen LogP contribution >= 0.6 is 27.7 Å². The van der Waals surface area contributed by atoms with Crippen molar-refractivity contribution >= 4 is 50.3 Å². The number of aryl methyl sites for hydroxylation is 1. The fourth-order valence-electron chi connectivity index (χ4n) is 2.47. The van der Waals surface area contributed by atoms with E-state index in [9.17, 15) is 4.79 Å². The lowest BCUT2D eigenvalue weighted by Crippen LogP contribution is -2.14. The first-order valence-corrected chi connectivity index (χ1v) is 9.61. The summed E-state index contributed by atoms with van der Waals surface area (Å²) in [4.78, 5) is 16.9. The van der Waals surface area contributed by atoms with Crippen LogP contribution in [0.25, 0.3) is 11.0 Å². The number of imidazole rings is 1. The second-order valence-corrected chi connectivity index (χ2v) is 7.38. The van der Waals surface area contributed by atoms with E-state index in [1.165, 1.54) is 11.8 Å². The van der Waals surface area contributed by atoms with Gasteiger partial charge in [0.2, 0.25) is 5.91 Å². The summed E-state index contributed by atoms with van der Waals surface area (Å²) in [6.07, 6.45) is 1.84. The number of hydrogen-bond acceptors (Lipinski definition) is 3. The van der Waals surface area contributed by atoms with E-state index in [4.69, 9.17) is 0 Å². The van der Waals surface area contributed by atoms with Gasteiger partial charge in [-0.3, -0.25) is 4.79 Å². The standard InChI is InChI=1S/C19H18BrN3OS/c1-3-10-23-17-7-5-4-6-16(17)22-19(23)25-12-18(24)21-14-9-8-13(2)15(20)11-14/h3-9,11H,1,10,12H2,2H3,(H,21,24). The second-order valence-electron chi connectivity index (χ2n) is 5.58. The first-order valence-electron chi connectivity index (χ1n) is 7.83. The predicted octanol–water partition coefficient (Wildman–Crippen LogP) is 5.02. The van der Waals surface area contributed by atoms with Crippen molar-refractivity contribution in [2.24, 2.45) is 0 Å². The summed E-state index contributed by atoms with van der Waals surface area (Å²) in [7, 11) is 0. The minimum Gasteiger partial charge on any atom is -0.325 e. The van der Waals surface area contributed by atoms with E-state index in [0.29, 0.717) is 12.3 Å². The molecule has 1 heterocycles. The summed E-state index contributed by atoms with van der Waals surface area (Å²) >= 11 is 4.91. The fraction of sp³-hybridized carbons (Fsp3) is 0.158. The molecule has 6 heteroatoms. The van der Waals surface area contributed by atoms with Crippen LogP contribution in [0, 0.1) is 6.92 Å². The van der Waals surface area contributed by atoms with Gasteiger partial charge in [0.15, 0.2) is 5.16 Å². The number of hydrogen-bond donors (Lipinski definition) is 1. The van der Waals surface area contributed by atoms with Crippen LogP contribution in [0.1, 0.15) is 5.56 Å². The first kappa shape index (κ1) is 17.8. The lowest BCUT2D eigenvalue weighted by molar-refractivity contribution is -0.113. The van der Waals surface area contributed by atoms with Gasteiger partial charge in [-0.15, -0.1) is 6.58 Å². The van der Waals surface area contributed by atoms with Gasteiger partial charge in [-0.25, -0.2) is 4.98 Å². The number of carbonyl (C=O) groups is 1. The Bertz CT molecular complexity index is 936. The Kier molecular flexibility index (Phi) is 5.60. The quantitative estimate of drug-likeness (QED) is 0.453. The summed E-state index contributed by atoms with van der Waals surface area (Å²) in [6, 6.07) is 13.7. The van der Waals surface area contributed by atoms with Crippen molar-refractivity contribution in [3.05, 3.63) is 65.2 Å². The van der Waals surface area contributed by atoms with E-state index in [-0.39, 0.29) is 5.91 Å². The molecule has 0 bridgehead atoms. The van der Waals surface area contributed by atoms with Crippen molar-refractivity contribution in [1.82, 2.24) is 9.55 Å². The molecule has 0 unspecified atom stereocenters. The maximum absolute atomic E-state index is 12.3. The Morgan fingerprint density at radius 1 is 1.36 bits per heavy atom. The lowest BCUT2D eigenvalue weighted by atomic mass is 10.2. The second kappa shape index (κ2) is 7.89. The number of amides is 1. The van der Waals surface area contributed by atoms with Gasteiger partial charge >= 0.3 is 0 Å². The van der Waals surface area contributed by atoms with Crippen LogP contribution in [0.2, 0.25) is 0 Å². The van der Waals surface area contributed by atoms with Gasteiger partial charge in [0.05, 0.1) is 16.8 Å². The topological polar surface area (TPSA) is 46.9 Å². The molecule has 0 fully saturated rings. The van der Waals surface area contributed by atoms with Crippen molar-refractivity contribution < 1.29 is 4.79 Å². The number of halogens is 1. The maximum atomic E-state index is 12.3. The van der Waals surface area contributed by atoms with E-state index >= 15 is 0 Å². The Morgan fingerprint density at radius 3 is 2.92 bits per heavy atom. The molecule has 0 aliphatic rings. The third kappa shape index (κ3) is 4.14. The molecule has 1 amide bonds. The number of carbonyl (C=O) groups excluding carboxylic acids is 1. The number of anilines is 1. The van der Waals surface area contributed by atoms with Crippen molar-refractivity contribution in [2.45, 2.75) is 18.6 Å². The third-order valence-electron chi connectivity index (χ3n) is 3.72. The number of aromatic nitrogens is 2. The van der Waals surface area contributed by atoms with Gasteiger partial charge < -0.3 is 9.88 Å². The summed E-state index contributed by atoms with van der Waals surface area (Å²) in [5.41, 5.74) is 3.88. The Balaban J connectivity index is 1.71. The summed E-state index contributed by atoms with van der Waals surface area (Å²) in [5, 5.41) is 3.74. The van der Waals surface area contributed by atoms with Crippen LogP contribution in [0.3, 0.4) is 0 Å². The van der Waals surface area contributed by atoms with Crippen molar-refractivity contribution in [1.29, 1.82) is 0 Å². The van der Waals surface area contributed by atoms with Gasteiger partial charge in [0.25, 0.3) is 0 Å². The highest BCUT2D eigenvalue weighted by Crippen LogP contribution is 2.25. The highest BCUT2D eigenvalue weighted by atomic mass is 79.9. The SMILES string of the molecule is C=CCn1c(SCC(=O)Nc2ccc(C)c(Br)c2)nc2ccccc21. The van der Waals surface area contributed by atoms with Crippen molar-refractivity contribution in [3.63, 3.8) is 0 Å². The number of rotatable bonds is 6. The zero-order chi connectivity index (χ0) is 17.8. The Labute approximate surface area is 159 Å². The highest BCUT2D eigenvalue weighted by molar-refractivity contribution is 9.10. The van der Waals surface area contributed by atoms with Gasteiger partial charge in [0.1, 0.15) is 0 Å². The smallest absolute Gasteiger partial charge is 0.234 e. The molecule has 128 valence electrons. The van der Waals surface area contributed by atoms with E-state index in [1.54, 1.807) is 0 Å². The molecule has 0 radical (unpaired) electrons. The average molecular weight is 416 g/mol. The van der Waals surface area contributed by atoms with Crippen molar-refractivity contribution in [3.8, 4) is 0 Å².